The van der Waals surface area contributed by atoms with E-state index in [4.69, 9.17) is 16.0 Å². The van der Waals surface area contributed by atoms with Gasteiger partial charge < -0.3 is 4.42 Å². The van der Waals surface area contributed by atoms with Crippen molar-refractivity contribution >= 4 is 22.5 Å². The summed E-state index contributed by atoms with van der Waals surface area (Å²) in [5.41, 5.74) is -1.54. The molecule has 0 aliphatic rings. The number of rotatable bonds is 3. The normalized spacial score (nSPS) is 11.9. The van der Waals surface area contributed by atoms with E-state index >= 15 is 0 Å². The lowest BCUT2D eigenvalue weighted by Gasteiger charge is -2.08. The number of hydrogen-bond donors (Lipinski definition) is 0. The van der Waals surface area contributed by atoms with Crippen molar-refractivity contribution < 1.29 is 22.0 Å². The van der Waals surface area contributed by atoms with E-state index in [2.05, 4.69) is 15.1 Å². The van der Waals surface area contributed by atoms with Crippen LogP contribution in [0.1, 0.15) is 16.8 Å². The molecule has 0 radical (unpaired) electrons. The van der Waals surface area contributed by atoms with Gasteiger partial charge in [-0.05, 0) is 30.7 Å². The average molecular weight is 439 g/mol. The molecule has 0 N–H and O–H groups in total. The Hall–Kier alpha value is -3.27. The molecule has 0 bridgehead atoms. The van der Waals surface area contributed by atoms with Crippen LogP contribution in [0.25, 0.3) is 22.5 Å². The molecule has 0 amide bonds. The first-order valence-corrected chi connectivity index (χ1v) is 8.87. The molecule has 0 saturated carbocycles. The molecule has 30 heavy (non-hydrogen) atoms. The second-order valence-electron chi connectivity index (χ2n) is 6.45. The van der Waals surface area contributed by atoms with Gasteiger partial charge in [0.2, 0.25) is 11.8 Å². The minimum absolute atomic E-state index is 0.00155. The minimum atomic E-state index is -4.77. The van der Waals surface area contributed by atoms with Crippen LogP contribution in [-0.2, 0) is 12.7 Å². The van der Waals surface area contributed by atoms with Crippen LogP contribution in [0.5, 0.6) is 0 Å². The van der Waals surface area contributed by atoms with Crippen molar-refractivity contribution in [3.05, 3.63) is 74.7 Å². The van der Waals surface area contributed by atoms with Gasteiger partial charge in [-0.15, -0.1) is 0 Å². The van der Waals surface area contributed by atoms with E-state index in [1.54, 1.807) is 13.0 Å². The first kappa shape index (κ1) is 20.0. The Kier molecular flexibility index (Phi) is 4.81. The summed E-state index contributed by atoms with van der Waals surface area (Å²) in [6.45, 7) is 1.27. The second-order valence-corrected chi connectivity index (χ2v) is 6.89. The first-order chi connectivity index (χ1) is 14.1. The maximum Gasteiger partial charge on any atom is 0.435 e. The number of hydrogen-bond acceptors (Lipinski definition) is 5. The smallest absolute Gasteiger partial charge is 0.401 e. The number of aromatic nitrogens is 4. The summed E-state index contributed by atoms with van der Waals surface area (Å²) < 4.78 is 59.8. The molecule has 0 saturated heterocycles. The van der Waals surface area contributed by atoms with Gasteiger partial charge in [0.15, 0.2) is 5.69 Å². The number of halogens is 5. The molecule has 1 aromatic carbocycles. The van der Waals surface area contributed by atoms with Crippen LogP contribution in [0, 0.1) is 12.9 Å². The third-order valence-corrected chi connectivity index (χ3v) is 4.55. The van der Waals surface area contributed by atoms with E-state index in [0.717, 1.165) is 4.68 Å². The number of alkyl halides is 3. The second kappa shape index (κ2) is 7.21. The summed E-state index contributed by atoms with van der Waals surface area (Å²) in [5.74, 6) is -1.24. The zero-order valence-electron chi connectivity index (χ0n) is 15.2. The van der Waals surface area contributed by atoms with E-state index in [1.165, 1.54) is 24.4 Å². The van der Waals surface area contributed by atoms with Crippen molar-refractivity contribution in [2.24, 2.45) is 0 Å². The summed E-state index contributed by atoms with van der Waals surface area (Å²) in [5, 5.41) is 3.89. The van der Waals surface area contributed by atoms with Crippen LogP contribution in [0.15, 0.2) is 45.7 Å². The van der Waals surface area contributed by atoms with Crippen LogP contribution < -0.4 is 5.63 Å². The molecule has 3 heterocycles. The molecule has 154 valence electrons. The highest BCUT2D eigenvalue weighted by Crippen LogP contribution is 2.32. The molecule has 0 fully saturated rings. The average Bonchev–Trinajstić information content (AvgIpc) is 3.09. The van der Waals surface area contributed by atoms with Crippen LogP contribution in [0.3, 0.4) is 0 Å². The molecule has 0 aliphatic heterocycles. The fourth-order valence-electron chi connectivity index (χ4n) is 2.96. The molecular formula is C19H11ClF4N4O2. The van der Waals surface area contributed by atoms with Gasteiger partial charge in [-0.2, -0.15) is 22.7 Å². The molecule has 0 aliphatic carbocycles. The highest BCUT2D eigenvalue weighted by molar-refractivity contribution is 6.31. The van der Waals surface area contributed by atoms with Crippen molar-refractivity contribution in [1.29, 1.82) is 0 Å². The van der Waals surface area contributed by atoms with Crippen LogP contribution in [0.2, 0.25) is 5.02 Å². The first-order valence-electron chi connectivity index (χ1n) is 8.49. The molecule has 4 rings (SSSR count). The number of benzene rings is 1. The van der Waals surface area contributed by atoms with Gasteiger partial charge in [0.1, 0.15) is 5.69 Å². The Morgan fingerprint density at radius 3 is 2.70 bits per heavy atom. The highest BCUT2D eigenvalue weighted by atomic mass is 35.5. The molecular weight excluding hydrogens is 428 g/mol. The molecule has 3 aromatic heterocycles. The summed E-state index contributed by atoms with van der Waals surface area (Å²) in [4.78, 5) is 20.1. The van der Waals surface area contributed by atoms with E-state index < -0.39 is 23.4 Å². The third kappa shape index (κ3) is 3.65. The minimum Gasteiger partial charge on any atom is -0.401 e. The largest absolute Gasteiger partial charge is 0.435 e. The Labute approximate surface area is 170 Å². The van der Waals surface area contributed by atoms with Crippen LogP contribution >= 0.6 is 11.6 Å². The lowest BCUT2D eigenvalue weighted by Crippen LogP contribution is -2.11. The SMILES string of the molecule is Cc1cc(Cl)cc2c(=O)oc(-c3cc(C(F)(F)F)nn3Cc3cccnc3F)nc12. The summed E-state index contributed by atoms with van der Waals surface area (Å²) >= 11 is 5.95. The van der Waals surface area contributed by atoms with Gasteiger partial charge in [-0.3, -0.25) is 4.68 Å². The van der Waals surface area contributed by atoms with Crippen molar-refractivity contribution in [1.82, 2.24) is 19.7 Å². The lowest BCUT2D eigenvalue weighted by molar-refractivity contribution is -0.141. The number of fused-ring (bicyclic) bond motifs is 1. The van der Waals surface area contributed by atoms with Crippen molar-refractivity contribution in [2.45, 2.75) is 19.6 Å². The Balaban J connectivity index is 1.93. The zero-order chi connectivity index (χ0) is 21.6. The van der Waals surface area contributed by atoms with E-state index in [1.807, 2.05) is 0 Å². The Bertz CT molecular complexity index is 1330. The highest BCUT2D eigenvalue weighted by Gasteiger charge is 2.36. The monoisotopic (exact) mass is 438 g/mol. The summed E-state index contributed by atoms with van der Waals surface area (Å²) in [6.07, 6.45) is -3.56. The van der Waals surface area contributed by atoms with Crippen molar-refractivity contribution in [3.63, 3.8) is 0 Å². The molecule has 6 nitrogen and oxygen atoms in total. The predicted molar refractivity (Wildman–Crippen MR) is 99.5 cm³/mol. The molecule has 0 atom stereocenters. The molecule has 0 spiro atoms. The maximum absolute atomic E-state index is 13.9. The molecule has 4 aromatic rings. The third-order valence-electron chi connectivity index (χ3n) is 4.33. The van der Waals surface area contributed by atoms with E-state index in [-0.39, 0.29) is 34.6 Å². The van der Waals surface area contributed by atoms with Crippen LogP contribution in [-0.4, -0.2) is 19.7 Å². The van der Waals surface area contributed by atoms with Gasteiger partial charge in [0.25, 0.3) is 0 Å². The van der Waals surface area contributed by atoms with Gasteiger partial charge in [0, 0.05) is 22.8 Å². The van der Waals surface area contributed by atoms with E-state index in [9.17, 15) is 22.4 Å². The van der Waals surface area contributed by atoms with Crippen molar-refractivity contribution in [3.8, 4) is 11.6 Å². The zero-order valence-corrected chi connectivity index (χ0v) is 15.9. The van der Waals surface area contributed by atoms with Crippen molar-refractivity contribution in [2.75, 3.05) is 0 Å². The standard InChI is InChI=1S/C19H11ClF4N4O2/c1-9-5-11(20)6-12-15(9)26-17(30-18(12)29)13-7-14(19(22,23)24)27-28(13)8-10-3-2-4-25-16(10)21/h2-7H,8H2,1H3. The maximum atomic E-state index is 13.9. The summed E-state index contributed by atoms with van der Waals surface area (Å²) in [6, 6.07) is 6.40. The molecule has 11 heteroatoms. The fourth-order valence-corrected chi connectivity index (χ4v) is 3.24. The van der Waals surface area contributed by atoms with Gasteiger partial charge in [-0.1, -0.05) is 17.7 Å². The topological polar surface area (TPSA) is 73.8 Å². The number of aryl methyl sites for hydroxylation is 1. The Morgan fingerprint density at radius 1 is 1.23 bits per heavy atom. The van der Waals surface area contributed by atoms with Gasteiger partial charge in [0.05, 0.1) is 17.4 Å². The van der Waals surface area contributed by atoms with Gasteiger partial charge >= 0.3 is 11.8 Å². The van der Waals surface area contributed by atoms with E-state index in [0.29, 0.717) is 16.7 Å². The predicted octanol–water partition coefficient (Wildman–Crippen LogP) is 4.61. The quantitative estimate of drug-likeness (QED) is 0.345. The fraction of sp³-hybridized carbons (Fsp3) is 0.158. The van der Waals surface area contributed by atoms with Crippen LogP contribution in [0.4, 0.5) is 17.6 Å². The lowest BCUT2D eigenvalue weighted by atomic mass is 10.1. The Morgan fingerprint density at radius 2 is 2.00 bits per heavy atom. The number of pyridine rings is 1. The molecule has 0 unspecified atom stereocenters. The summed E-state index contributed by atoms with van der Waals surface area (Å²) in [7, 11) is 0. The van der Waals surface area contributed by atoms with Gasteiger partial charge in [-0.25, -0.2) is 14.8 Å². The number of nitrogens with zero attached hydrogens (tertiary/aromatic N) is 4.